The Morgan fingerprint density at radius 1 is 1.33 bits per heavy atom. The SMILES string of the molecule is C=CCC(N)(c1ccccc1)C(CCC)N(C)C. The second-order valence-electron chi connectivity index (χ2n) is 5.17. The van der Waals surface area contributed by atoms with E-state index in [9.17, 15) is 0 Å². The molecule has 2 unspecified atom stereocenters. The van der Waals surface area contributed by atoms with Gasteiger partial charge in [0.15, 0.2) is 0 Å². The quantitative estimate of drug-likeness (QED) is 0.749. The molecule has 100 valence electrons. The van der Waals surface area contributed by atoms with Gasteiger partial charge in [-0.25, -0.2) is 0 Å². The van der Waals surface area contributed by atoms with E-state index in [2.05, 4.69) is 56.8 Å². The smallest absolute Gasteiger partial charge is 0.0601 e. The molecule has 1 rings (SSSR count). The van der Waals surface area contributed by atoms with Crippen molar-refractivity contribution in [2.24, 2.45) is 5.73 Å². The minimum Gasteiger partial charge on any atom is -0.320 e. The predicted octanol–water partition coefficient (Wildman–Crippen LogP) is 3.15. The summed E-state index contributed by atoms with van der Waals surface area (Å²) >= 11 is 0. The van der Waals surface area contributed by atoms with Gasteiger partial charge >= 0.3 is 0 Å². The average Bonchev–Trinajstić information content (AvgIpc) is 2.36. The van der Waals surface area contributed by atoms with Gasteiger partial charge in [0.1, 0.15) is 0 Å². The Labute approximate surface area is 111 Å². The van der Waals surface area contributed by atoms with Crippen LogP contribution in [0.1, 0.15) is 31.7 Å². The first-order valence-corrected chi connectivity index (χ1v) is 6.68. The van der Waals surface area contributed by atoms with Gasteiger partial charge in [-0.15, -0.1) is 6.58 Å². The van der Waals surface area contributed by atoms with E-state index in [4.69, 9.17) is 5.73 Å². The molecule has 1 aromatic carbocycles. The van der Waals surface area contributed by atoms with Crippen molar-refractivity contribution in [2.45, 2.75) is 37.8 Å². The molecule has 0 spiro atoms. The van der Waals surface area contributed by atoms with Crippen LogP contribution in [0, 0.1) is 0 Å². The summed E-state index contributed by atoms with van der Waals surface area (Å²) in [6, 6.07) is 10.7. The van der Waals surface area contributed by atoms with Crippen molar-refractivity contribution in [3.05, 3.63) is 48.6 Å². The van der Waals surface area contributed by atoms with Crippen molar-refractivity contribution in [1.29, 1.82) is 0 Å². The zero-order valence-corrected chi connectivity index (χ0v) is 11.9. The highest BCUT2D eigenvalue weighted by Gasteiger charge is 2.36. The summed E-state index contributed by atoms with van der Waals surface area (Å²) in [7, 11) is 4.21. The molecule has 0 saturated carbocycles. The Balaban J connectivity index is 3.15. The predicted molar refractivity (Wildman–Crippen MR) is 79.5 cm³/mol. The highest BCUT2D eigenvalue weighted by molar-refractivity contribution is 5.27. The van der Waals surface area contributed by atoms with E-state index in [0.29, 0.717) is 6.04 Å². The maximum Gasteiger partial charge on any atom is 0.0601 e. The molecule has 0 bridgehead atoms. The highest BCUT2D eigenvalue weighted by atomic mass is 15.1. The maximum atomic E-state index is 6.75. The minimum absolute atomic E-state index is 0.322. The first kappa shape index (κ1) is 14.9. The van der Waals surface area contributed by atoms with Crippen molar-refractivity contribution in [3.8, 4) is 0 Å². The summed E-state index contributed by atoms with van der Waals surface area (Å²) in [6.07, 6.45) is 4.94. The molecule has 0 fully saturated rings. The lowest BCUT2D eigenvalue weighted by atomic mass is 9.78. The summed E-state index contributed by atoms with van der Waals surface area (Å²) in [6.45, 7) is 6.08. The minimum atomic E-state index is -0.359. The third kappa shape index (κ3) is 3.21. The van der Waals surface area contributed by atoms with E-state index >= 15 is 0 Å². The summed E-state index contributed by atoms with van der Waals surface area (Å²) < 4.78 is 0. The molecule has 0 aliphatic rings. The lowest BCUT2D eigenvalue weighted by Gasteiger charge is -2.41. The van der Waals surface area contributed by atoms with E-state index in [-0.39, 0.29) is 5.54 Å². The van der Waals surface area contributed by atoms with Crippen LogP contribution in [0.5, 0.6) is 0 Å². The number of hydrogen-bond donors (Lipinski definition) is 1. The standard InChI is InChI=1S/C16H26N2/c1-5-10-15(18(3)4)16(17,13-6-2)14-11-8-7-9-12-14/h6-9,11-12,15H,2,5,10,13,17H2,1,3-4H3. The van der Waals surface area contributed by atoms with Crippen LogP contribution < -0.4 is 5.73 Å². The normalized spacial score (nSPS) is 16.3. The van der Waals surface area contributed by atoms with Crippen molar-refractivity contribution < 1.29 is 0 Å². The van der Waals surface area contributed by atoms with Gasteiger partial charge in [0.2, 0.25) is 0 Å². The van der Waals surface area contributed by atoms with Gasteiger partial charge in [0.05, 0.1) is 5.54 Å². The zero-order chi connectivity index (χ0) is 13.6. The number of rotatable bonds is 7. The molecule has 18 heavy (non-hydrogen) atoms. The fourth-order valence-electron chi connectivity index (χ4n) is 2.68. The monoisotopic (exact) mass is 246 g/mol. The van der Waals surface area contributed by atoms with Crippen LogP contribution in [-0.2, 0) is 5.54 Å². The second kappa shape index (κ2) is 6.72. The van der Waals surface area contributed by atoms with Crippen LogP contribution in [0.2, 0.25) is 0 Å². The molecule has 0 aliphatic carbocycles. The zero-order valence-electron chi connectivity index (χ0n) is 11.9. The third-order valence-corrected chi connectivity index (χ3v) is 3.57. The van der Waals surface area contributed by atoms with Crippen LogP contribution in [0.15, 0.2) is 43.0 Å². The molecular formula is C16H26N2. The highest BCUT2D eigenvalue weighted by Crippen LogP contribution is 2.31. The Hall–Kier alpha value is -1.12. The Bertz CT molecular complexity index is 359. The fraction of sp³-hybridized carbons (Fsp3) is 0.500. The first-order chi connectivity index (χ1) is 8.56. The molecular weight excluding hydrogens is 220 g/mol. The maximum absolute atomic E-state index is 6.75. The Morgan fingerprint density at radius 2 is 1.94 bits per heavy atom. The average molecular weight is 246 g/mol. The fourth-order valence-corrected chi connectivity index (χ4v) is 2.68. The van der Waals surface area contributed by atoms with Crippen LogP contribution in [-0.4, -0.2) is 25.0 Å². The molecule has 0 aromatic heterocycles. The van der Waals surface area contributed by atoms with Gasteiger partial charge < -0.3 is 10.6 Å². The lowest BCUT2D eigenvalue weighted by molar-refractivity contribution is 0.164. The molecule has 2 nitrogen and oxygen atoms in total. The van der Waals surface area contributed by atoms with Crippen LogP contribution in [0.4, 0.5) is 0 Å². The second-order valence-corrected chi connectivity index (χ2v) is 5.17. The van der Waals surface area contributed by atoms with Gasteiger partial charge in [-0.3, -0.25) is 0 Å². The number of hydrogen-bond acceptors (Lipinski definition) is 2. The molecule has 0 amide bonds. The van der Waals surface area contributed by atoms with Crippen molar-refractivity contribution in [2.75, 3.05) is 14.1 Å². The lowest BCUT2D eigenvalue weighted by Crippen LogP contribution is -2.53. The van der Waals surface area contributed by atoms with Crippen LogP contribution >= 0.6 is 0 Å². The topological polar surface area (TPSA) is 29.3 Å². The molecule has 2 heteroatoms. The number of benzene rings is 1. The van der Waals surface area contributed by atoms with E-state index in [1.807, 2.05) is 12.1 Å². The molecule has 1 aromatic rings. The van der Waals surface area contributed by atoms with Gasteiger partial charge in [-0.1, -0.05) is 49.8 Å². The van der Waals surface area contributed by atoms with Gasteiger partial charge in [0, 0.05) is 6.04 Å². The molecule has 0 aliphatic heterocycles. The summed E-state index contributed by atoms with van der Waals surface area (Å²) in [5.74, 6) is 0. The Morgan fingerprint density at radius 3 is 2.39 bits per heavy atom. The Kier molecular flexibility index (Phi) is 5.57. The van der Waals surface area contributed by atoms with Crippen LogP contribution in [0.25, 0.3) is 0 Å². The van der Waals surface area contributed by atoms with Gasteiger partial charge in [0.25, 0.3) is 0 Å². The van der Waals surface area contributed by atoms with Gasteiger partial charge in [-0.2, -0.15) is 0 Å². The number of nitrogens with zero attached hydrogens (tertiary/aromatic N) is 1. The summed E-state index contributed by atoms with van der Waals surface area (Å²) in [5.41, 5.74) is 7.58. The van der Waals surface area contributed by atoms with E-state index in [0.717, 1.165) is 19.3 Å². The van der Waals surface area contributed by atoms with Crippen LogP contribution in [0.3, 0.4) is 0 Å². The van der Waals surface area contributed by atoms with E-state index < -0.39 is 0 Å². The van der Waals surface area contributed by atoms with Crippen molar-refractivity contribution in [3.63, 3.8) is 0 Å². The number of nitrogens with two attached hydrogens (primary N) is 1. The first-order valence-electron chi connectivity index (χ1n) is 6.68. The third-order valence-electron chi connectivity index (χ3n) is 3.57. The van der Waals surface area contributed by atoms with E-state index in [1.165, 1.54) is 5.56 Å². The number of likely N-dealkylation sites (N-methyl/N-ethyl adjacent to an activating group) is 1. The summed E-state index contributed by atoms with van der Waals surface area (Å²) in [4.78, 5) is 2.24. The largest absolute Gasteiger partial charge is 0.320 e. The summed E-state index contributed by atoms with van der Waals surface area (Å²) in [5, 5.41) is 0. The van der Waals surface area contributed by atoms with E-state index in [1.54, 1.807) is 0 Å². The molecule has 2 atom stereocenters. The van der Waals surface area contributed by atoms with Gasteiger partial charge in [-0.05, 0) is 32.5 Å². The molecule has 2 N–H and O–H groups in total. The molecule has 0 saturated heterocycles. The molecule has 0 heterocycles. The van der Waals surface area contributed by atoms with Crippen molar-refractivity contribution in [1.82, 2.24) is 4.90 Å². The molecule has 0 radical (unpaired) electrons. The van der Waals surface area contributed by atoms with Crippen molar-refractivity contribution >= 4 is 0 Å².